The van der Waals surface area contributed by atoms with E-state index in [9.17, 15) is 5.11 Å². The first-order valence-corrected chi connectivity index (χ1v) is 7.97. The first-order chi connectivity index (χ1) is 12.8. The second-order valence-electron chi connectivity index (χ2n) is 5.58. The standard InChI is InChI=1S/C19H15N5O2.3H2/c20-17-16(19-24-23-18(26-19)12-6-2-1-3-7-12)22-15(10-21-17)14-9-5-4-8-13(14)11-25;;;/h1-10,25H,11H2,(H2,20,21);3*1H. The van der Waals surface area contributed by atoms with Gasteiger partial charge in [-0.25, -0.2) is 9.97 Å². The van der Waals surface area contributed by atoms with Gasteiger partial charge in [0.1, 0.15) is 0 Å². The molecule has 26 heavy (non-hydrogen) atoms. The second-order valence-corrected chi connectivity index (χ2v) is 5.58. The lowest BCUT2D eigenvalue weighted by molar-refractivity contribution is 0.282. The molecule has 7 heteroatoms. The molecule has 0 saturated heterocycles. The maximum atomic E-state index is 9.54. The van der Waals surface area contributed by atoms with Gasteiger partial charge in [-0.1, -0.05) is 42.5 Å². The lowest BCUT2D eigenvalue weighted by Crippen LogP contribution is -2.00. The van der Waals surface area contributed by atoms with Crippen LogP contribution < -0.4 is 5.73 Å². The Hall–Kier alpha value is -3.58. The Kier molecular flexibility index (Phi) is 4.12. The predicted molar refractivity (Wildman–Crippen MR) is 103 cm³/mol. The lowest BCUT2D eigenvalue weighted by atomic mass is 10.1. The molecule has 0 unspecified atom stereocenters. The van der Waals surface area contributed by atoms with Crippen molar-refractivity contribution in [3.8, 4) is 34.3 Å². The minimum absolute atomic E-state index is 0. The van der Waals surface area contributed by atoms with Gasteiger partial charge < -0.3 is 15.3 Å². The van der Waals surface area contributed by atoms with Crippen LogP contribution in [0.25, 0.3) is 34.3 Å². The van der Waals surface area contributed by atoms with Crippen molar-refractivity contribution in [1.29, 1.82) is 0 Å². The molecule has 0 aliphatic carbocycles. The van der Waals surface area contributed by atoms with Crippen LogP contribution in [0.1, 0.15) is 9.84 Å². The van der Waals surface area contributed by atoms with Gasteiger partial charge in [-0.2, -0.15) is 0 Å². The third-order valence-electron chi connectivity index (χ3n) is 3.91. The number of aliphatic hydroxyl groups excluding tert-OH is 1. The van der Waals surface area contributed by atoms with E-state index in [1.807, 2.05) is 54.6 Å². The molecule has 0 radical (unpaired) electrons. The van der Waals surface area contributed by atoms with E-state index in [4.69, 9.17) is 10.2 Å². The van der Waals surface area contributed by atoms with Crippen molar-refractivity contribution >= 4 is 5.82 Å². The molecule has 2 aromatic carbocycles. The Morgan fingerprint density at radius 1 is 0.962 bits per heavy atom. The van der Waals surface area contributed by atoms with Crippen molar-refractivity contribution in [2.45, 2.75) is 6.61 Å². The molecule has 2 aromatic heterocycles. The van der Waals surface area contributed by atoms with Crippen LogP contribution in [-0.2, 0) is 6.61 Å². The minimum atomic E-state index is -0.101. The van der Waals surface area contributed by atoms with Crippen LogP contribution in [-0.4, -0.2) is 25.3 Å². The van der Waals surface area contributed by atoms with Gasteiger partial charge in [0.05, 0.1) is 18.5 Å². The Balaban J connectivity index is 0.00000140. The van der Waals surface area contributed by atoms with Gasteiger partial charge in [-0.15, -0.1) is 10.2 Å². The van der Waals surface area contributed by atoms with Crippen LogP contribution in [0.2, 0.25) is 0 Å². The smallest absolute Gasteiger partial charge is 0.270 e. The first kappa shape index (κ1) is 15.9. The molecule has 4 rings (SSSR count). The van der Waals surface area contributed by atoms with Crippen molar-refractivity contribution in [2.75, 3.05) is 5.73 Å². The van der Waals surface area contributed by atoms with Crippen molar-refractivity contribution in [3.63, 3.8) is 0 Å². The summed E-state index contributed by atoms with van der Waals surface area (Å²) in [4.78, 5) is 8.73. The lowest BCUT2D eigenvalue weighted by Gasteiger charge is -2.08. The van der Waals surface area contributed by atoms with Gasteiger partial charge >= 0.3 is 0 Å². The topological polar surface area (TPSA) is 111 Å². The van der Waals surface area contributed by atoms with Crippen LogP contribution in [0.3, 0.4) is 0 Å². The quantitative estimate of drug-likeness (QED) is 0.577. The molecule has 0 aliphatic rings. The number of nitrogens with zero attached hydrogens (tertiary/aromatic N) is 4. The summed E-state index contributed by atoms with van der Waals surface area (Å²) in [5.41, 5.74) is 9.16. The van der Waals surface area contributed by atoms with E-state index in [0.717, 1.165) is 16.7 Å². The summed E-state index contributed by atoms with van der Waals surface area (Å²) < 4.78 is 5.73. The van der Waals surface area contributed by atoms with Gasteiger partial charge in [0.15, 0.2) is 11.5 Å². The summed E-state index contributed by atoms with van der Waals surface area (Å²) >= 11 is 0. The normalized spacial score (nSPS) is 10.8. The maximum Gasteiger partial charge on any atom is 0.270 e. The molecule has 134 valence electrons. The molecule has 7 nitrogen and oxygen atoms in total. The number of aliphatic hydroxyl groups is 1. The zero-order valence-electron chi connectivity index (χ0n) is 13.7. The molecule has 0 spiro atoms. The average Bonchev–Trinajstić information content (AvgIpc) is 3.19. The third kappa shape index (κ3) is 2.91. The van der Waals surface area contributed by atoms with Gasteiger partial charge in [0.25, 0.3) is 5.89 Å². The fourth-order valence-corrected chi connectivity index (χ4v) is 2.61. The highest BCUT2D eigenvalue weighted by Gasteiger charge is 2.17. The summed E-state index contributed by atoms with van der Waals surface area (Å²) in [7, 11) is 0. The van der Waals surface area contributed by atoms with Crippen LogP contribution >= 0.6 is 0 Å². The van der Waals surface area contributed by atoms with Gasteiger partial charge in [0, 0.05) is 15.4 Å². The molecule has 0 bridgehead atoms. The molecular formula is C19H21N5O2. The number of hydrogen-bond acceptors (Lipinski definition) is 7. The van der Waals surface area contributed by atoms with E-state index < -0.39 is 0 Å². The Morgan fingerprint density at radius 3 is 2.50 bits per heavy atom. The van der Waals surface area contributed by atoms with Gasteiger partial charge in [0.2, 0.25) is 5.89 Å². The second kappa shape index (κ2) is 6.73. The molecule has 0 atom stereocenters. The zero-order chi connectivity index (χ0) is 17.9. The zero-order valence-corrected chi connectivity index (χ0v) is 13.7. The number of anilines is 1. The molecule has 2 heterocycles. The summed E-state index contributed by atoms with van der Waals surface area (Å²) in [6, 6.07) is 16.8. The summed E-state index contributed by atoms with van der Waals surface area (Å²) in [6.45, 7) is -0.101. The van der Waals surface area contributed by atoms with E-state index in [1.54, 1.807) is 6.20 Å². The number of nitrogen functional groups attached to an aromatic ring is 1. The Bertz CT molecular complexity index is 1060. The Morgan fingerprint density at radius 2 is 1.69 bits per heavy atom. The predicted octanol–water partition coefficient (Wildman–Crippen LogP) is 3.67. The van der Waals surface area contributed by atoms with Crippen LogP contribution in [0.4, 0.5) is 5.82 Å². The maximum absolute atomic E-state index is 9.54. The summed E-state index contributed by atoms with van der Waals surface area (Å²) in [5, 5.41) is 17.6. The molecule has 3 N–H and O–H groups in total. The Labute approximate surface area is 153 Å². The highest BCUT2D eigenvalue weighted by Crippen LogP contribution is 2.28. The van der Waals surface area contributed by atoms with E-state index in [0.29, 0.717) is 17.3 Å². The number of benzene rings is 2. The molecule has 0 saturated carbocycles. The monoisotopic (exact) mass is 351 g/mol. The number of nitrogens with two attached hydrogens (primary N) is 1. The van der Waals surface area contributed by atoms with Crippen molar-refractivity contribution in [3.05, 3.63) is 66.4 Å². The summed E-state index contributed by atoms with van der Waals surface area (Å²) in [5.74, 6) is 0.763. The van der Waals surface area contributed by atoms with Gasteiger partial charge in [-0.3, -0.25) is 0 Å². The van der Waals surface area contributed by atoms with Crippen molar-refractivity contribution in [2.24, 2.45) is 0 Å². The van der Waals surface area contributed by atoms with Crippen molar-refractivity contribution in [1.82, 2.24) is 20.2 Å². The average molecular weight is 351 g/mol. The fraction of sp³-hybridized carbons (Fsp3) is 0.0526. The molecule has 4 aromatic rings. The molecule has 0 amide bonds. The van der Waals surface area contributed by atoms with Crippen LogP contribution in [0, 0.1) is 0 Å². The van der Waals surface area contributed by atoms with Crippen molar-refractivity contribution < 1.29 is 13.8 Å². The highest BCUT2D eigenvalue weighted by atomic mass is 16.4. The van der Waals surface area contributed by atoms with E-state index >= 15 is 0 Å². The first-order valence-electron chi connectivity index (χ1n) is 7.97. The highest BCUT2D eigenvalue weighted by molar-refractivity contribution is 5.70. The molecule has 0 fully saturated rings. The van der Waals surface area contributed by atoms with Gasteiger partial charge in [-0.05, 0) is 17.7 Å². The number of hydrogen-bond donors (Lipinski definition) is 2. The third-order valence-corrected chi connectivity index (χ3v) is 3.91. The minimum Gasteiger partial charge on any atom is -0.414 e. The van der Waals surface area contributed by atoms with E-state index in [2.05, 4.69) is 20.2 Å². The van der Waals surface area contributed by atoms with E-state index in [1.165, 1.54) is 0 Å². The van der Waals surface area contributed by atoms with Crippen LogP contribution in [0.15, 0.2) is 65.2 Å². The number of aromatic nitrogens is 4. The van der Waals surface area contributed by atoms with E-state index in [-0.39, 0.29) is 22.6 Å². The molecular weight excluding hydrogens is 330 g/mol. The van der Waals surface area contributed by atoms with Crippen LogP contribution in [0.5, 0.6) is 0 Å². The number of rotatable bonds is 4. The fourth-order valence-electron chi connectivity index (χ4n) is 2.61. The molecule has 0 aliphatic heterocycles. The largest absolute Gasteiger partial charge is 0.414 e. The summed E-state index contributed by atoms with van der Waals surface area (Å²) in [6.07, 6.45) is 1.56. The SMILES string of the molecule is Nc1ncc(-c2ccccc2CO)nc1-c1nnc(-c2ccccc2)o1.[HH].[HH].[HH].